The van der Waals surface area contributed by atoms with Crippen LogP contribution in [0.4, 0.5) is 5.82 Å². The van der Waals surface area contributed by atoms with Crippen LogP contribution in [0.1, 0.15) is 26.7 Å². The highest BCUT2D eigenvalue weighted by Crippen LogP contribution is 2.03. The van der Waals surface area contributed by atoms with Gasteiger partial charge in [0.25, 0.3) is 0 Å². The largest absolute Gasteiger partial charge is 0.352 e. The second kappa shape index (κ2) is 6.83. The predicted octanol–water partition coefficient (Wildman–Crippen LogP) is 1.22. The maximum Gasteiger partial charge on any atom is 0.239 e. The monoisotopic (exact) mass is 236 g/mol. The molecule has 1 aromatic rings. The number of hydrogen-bond donors (Lipinski definition) is 1. The van der Waals surface area contributed by atoms with Crippen molar-refractivity contribution in [1.29, 1.82) is 0 Å². The number of hydrogen-bond acceptors (Lipinski definition) is 4. The van der Waals surface area contributed by atoms with Gasteiger partial charge < -0.3 is 10.2 Å². The van der Waals surface area contributed by atoms with Crippen molar-refractivity contribution in [3.05, 3.63) is 18.6 Å². The summed E-state index contributed by atoms with van der Waals surface area (Å²) in [4.78, 5) is 21.6. The van der Waals surface area contributed by atoms with Crippen molar-refractivity contribution < 1.29 is 4.79 Å². The topological polar surface area (TPSA) is 58.1 Å². The molecule has 0 aliphatic heterocycles. The van der Waals surface area contributed by atoms with E-state index in [1.165, 1.54) is 0 Å². The molecule has 5 heteroatoms. The van der Waals surface area contributed by atoms with Crippen molar-refractivity contribution in [1.82, 2.24) is 15.3 Å². The summed E-state index contributed by atoms with van der Waals surface area (Å²) in [7, 11) is 1.83. The van der Waals surface area contributed by atoms with Crippen molar-refractivity contribution in [3.8, 4) is 0 Å². The Bertz CT molecular complexity index is 342. The van der Waals surface area contributed by atoms with Crippen LogP contribution in [0.15, 0.2) is 18.6 Å². The first kappa shape index (κ1) is 13.4. The van der Waals surface area contributed by atoms with Crippen LogP contribution in [0, 0.1) is 0 Å². The van der Waals surface area contributed by atoms with Crippen molar-refractivity contribution in [2.24, 2.45) is 0 Å². The first-order valence-electron chi connectivity index (χ1n) is 5.90. The maximum absolute atomic E-state index is 11.7. The van der Waals surface area contributed by atoms with E-state index in [1.807, 2.05) is 14.0 Å². The summed E-state index contributed by atoms with van der Waals surface area (Å²) in [6, 6.07) is 0.225. The fourth-order valence-corrected chi connectivity index (χ4v) is 1.61. The SMILES string of the molecule is CCC[C@@H](C)NC(=O)CN(C)c1cnccn1. The Kier molecular flexibility index (Phi) is 5.39. The quantitative estimate of drug-likeness (QED) is 0.806. The van der Waals surface area contributed by atoms with E-state index in [1.54, 1.807) is 23.5 Å². The Morgan fingerprint density at radius 3 is 2.88 bits per heavy atom. The third kappa shape index (κ3) is 4.80. The number of nitrogens with one attached hydrogen (secondary N) is 1. The van der Waals surface area contributed by atoms with Crippen LogP contribution in [0.3, 0.4) is 0 Å². The van der Waals surface area contributed by atoms with Crippen LogP contribution in [0.25, 0.3) is 0 Å². The van der Waals surface area contributed by atoms with E-state index >= 15 is 0 Å². The summed E-state index contributed by atoms with van der Waals surface area (Å²) in [6.45, 7) is 4.42. The standard InChI is InChI=1S/C12H20N4O/c1-4-5-10(2)15-12(17)9-16(3)11-8-13-6-7-14-11/h6-8,10H,4-5,9H2,1-3H3,(H,15,17)/t10-/m1/s1. The van der Waals surface area contributed by atoms with Gasteiger partial charge in [-0.2, -0.15) is 0 Å². The molecule has 1 amide bonds. The Morgan fingerprint density at radius 1 is 1.53 bits per heavy atom. The zero-order valence-corrected chi connectivity index (χ0v) is 10.7. The van der Waals surface area contributed by atoms with Crippen molar-refractivity contribution >= 4 is 11.7 Å². The molecule has 0 spiro atoms. The molecule has 0 bridgehead atoms. The highest BCUT2D eigenvalue weighted by atomic mass is 16.2. The summed E-state index contributed by atoms with van der Waals surface area (Å²) < 4.78 is 0. The summed E-state index contributed by atoms with van der Waals surface area (Å²) >= 11 is 0. The summed E-state index contributed by atoms with van der Waals surface area (Å²) in [5, 5.41) is 2.95. The lowest BCUT2D eigenvalue weighted by Crippen LogP contribution is -2.40. The van der Waals surface area contributed by atoms with Gasteiger partial charge in [-0.3, -0.25) is 9.78 Å². The number of aromatic nitrogens is 2. The summed E-state index contributed by atoms with van der Waals surface area (Å²) in [5.41, 5.74) is 0. The third-order valence-electron chi connectivity index (χ3n) is 2.45. The van der Waals surface area contributed by atoms with Crippen molar-refractivity contribution in [3.63, 3.8) is 0 Å². The molecule has 0 unspecified atom stereocenters. The Labute approximate surface area is 102 Å². The lowest BCUT2D eigenvalue weighted by Gasteiger charge is -2.19. The summed E-state index contributed by atoms with van der Waals surface area (Å²) in [6.07, 6.45) is 6.94. The van der Waals surface area contributed by atoms with E-state index < -0.39 is 0 Å². The van der Waals surface area contributed by atoms with E-state index in [-0.39, 0.29) is 11.9 Å². The molecule has 1 atom stereocenters. The first-order valence-corrected chi connectivity index (χ1v) is 5.90. The molecule has 0 saturated heterocycles. The molecule has 94 valence electrons. The highest BCUT2D eigenvalue weighted by molar-refractivity contribution is 5.81. The van der Waals surface area contributed by atoms with E-state index in [0.29, 0.717) is 12.4 Å². The van der Waals surface area contributed by atoms with E-state index in [4.69, 9.17) is 0 Å². The lowest BCUT2D eigenvalue weighted by molar-refractivity contribution is -0.120. The maximum atomic E-state index is 11.7. The second-order valence-corrected chi connectivity index (χ2v) is 4.18. The van der Waals surface area contributed by atoms with E-state index in [9.17, 15) is 4.79 Å². The molecule has 0 aliphatic carbocycles. The van der Waals surface area contributed by atoms with Crippen molar-refractivity contribution in [2.45, 2.75) is 32.7 Å². The van der Waals surface area contributed by atoms with Crippen LogP contribution >= 0.6 is 0 Å². The normalized spacial score (nSPS) is 11.9. The molecule has 0 aliphatic rings. The number of carbonyl (C=O) groups excluding carboxylic acids is 1. The molecule has 1 aromatic heterocycles. The zero-order valence-electron chi connectivity index (χ0n) is 10.7. The number of likely N-dealkylation sites (N-methyl/N-ethyl adjacent to an activating group) is 1. The first-order chi connectivity index (χ1) is 8.13. The molecule has 0 radical (unpaired) electrons. The molecule has 0 saturated carbocycles. The van der Waals surface area contributed by atoms with Gasteiger partial charge in [0.15, 0.2) is 0 Å². The zero-order chi connectivity index (χ0) is 12.7. The Hall–Kier alpha value is -1.65. The smallest absolute Gasteiger partial charge is 0.239 e. The van der Waals surface area contributed by atoms with Crippen molar-refractivity contribution in [2.75, 3.05) is 18.5 Å². The molecule has 17 heavy (non-hydrogen) atoms. The van der Waals surface area contributed by atoms with Crippen LogP contribution in [0.5, 0.6) is 0 Å². The van der Waals surface area contributed by atoms with Gasteiger partial charge in [-0.1, -0.05) is 13.3 Å². The van der Waals surface area contributed by atoms with Gasteiger partial charge >= 0.3 is 0 Å². The Morgan fingerprint density at radius 2 is 2.29 bits per heavy atom. The molecule has 1 rings (SSSR count). The lowest BCUT2D eigenvalue weighted by atomic mass is 10.2. The molecular weight excluding hydrogens is 216 g/mol. The van der Waals surface area contributed by atoms with Gasteiger partial charge in [-0.25, -0.2) is 4.98 Å². The minimum Gasteiger partial charge on any atom is -0.352 e. The van der Waals surface area contributed by atoms with E-state index in [2.05, 4.69) is 22.2 Å². The van der Waals surface area contributed by atoms with Gasteiger partial charge in [0.2, 0.25) is 5.91 Å². The fourth-order valence-electron chi connectivity index (χ4n) is 1.61. The number of anilines is 1. The number of nitrogens with zero attached hydrogens (tertiary/aromatic N) is 3. The fraction of sp³-hybridized carbons (Fsp3) is 0.583. The van der Waals surface area contributed by atoms with Gasteiger partial charge in [0.05, 0.1) is 12.7 Å². The van der Waals surface area contributed by atoms with Crippen LogP contribution in [-0.4, -0.2) is 35.5 Å². The van der Waals surface area contributed by atoms with Crippen LogP contribution in [0.2, 0.25) is 0 Å². The van der Waals surface area contributed by atoms with Gasteiger partial charge in [-0.05, 0) is 13.3 Å². The highest BCUT2D eigenvalue weighted by Gasteiger charge is 2.10. The average Bonchev–Trinajstić information content (AvgIpc) is 2.30. The third-order valence-corrected chi connectivity index (χ3v) is 2.45. The minimum atomic E-state index is 0.0131. The van der Waals surface area contributed by atoms with Crippen LogP contribution in [-0.2, 0) is 4.79 Å². The molecular formula is C12H20N4O. The number of rotatable bonds is 6. The van der Waals surface area contributed by atoms with Crippen LogP contribution < -0.4 is 10.2 Å². The Balaban J connectivity index is 2.41. The second-order valence-electron chi connectivity index (χ2n) is 4.18. The van der Waals surface area contributed by atoms with Gasteiger partial charge in [0.1, 0.15) is 5.82 Å². The molecule has 0 aromatic carbocycles. The van der Waals surface area contributed by atoms with E-state index in [0.717, 1.165) is 12.8 Å². The van der Waals surface area contributed by atoms with Gasteiger partial charge in [-0.15, -0.1) is 0 Å². The number of amides is 1. The summed E-state index contributed by atoms with van der Waals surface area (Å²) in [5.74, 6) is 0.713. The molecule has 1 heterocycles. The average molecular weight is 236 g/mol. The minimum absolute atomic E-state index is 0.0131. The molecule has 5 nitrogen and oxygen atoms in total. The molecule has 0 fully saturated rings. The number of carbonyl (C=O) groups is 1. The predicted molar refractivity (Wildman–Crippen MR) is 67.8 cm³/mol. The van der Waals surface area contributed by atoms with Gasteiger partial charge in [0, 0.05) is 25.5 Å². The molecule has 1 N–H and O–H groups in total.